The minimum absolute atomic E-state index is 0.169. The van der Waals surface area contributed by atoms with Gasteiger partial charge in [0.15, 0.2) is 0 Å². The summed E-state index contributed by atoms with van der Waals surface area (Å²) in [4.78, 5) is 10.1. The Morgan fingerprint density at radius 3 is 2.46 bits per heavy atom. The second-order valence-electron chi connectivity index (χ2n) is 3.06. The van der Waals surface area contributed by atoms with E-state index in [9.17, 15) is 4.79 Å². The van der Waals surface area contributed by atoms with Crippen LogP contribution >= 0.6 is 0 Å². The summed E-state index contributed by atoms with van der Waals surface area (Å²) < 4.78 is 0. The topological polar surface area (TPSA) is 37.3 Å². The van der Waals surface area contributed by atoms with Crippen LogP contribution in [0.4, 0.5) is 0 Å². The molecule has 0 saturated heterocycles. The Morgan fingerprint density at radius 2 is 1.85 bits per heavy atom. The molecule has 13 heavy (non-hydrogen) atoms. The van der Waals surface area contributed by atoms with Gasteiger partial charge in [0.1, 0.15) is 0 Å². The minimum Gasteiger partial charge on any atom is -0.481 e. The lowest BCUT2D eigenvalue weighted by Gasteiger charge is -1.91. The fourth-order valence-electron chi connectivity index (χ4n) is 0.986. The van der Waals surface area contributed by atoms with Crippen LogP contribution in [0.5, 0.6) is 0 Å². The smallest absolute Gasteiger partial charge is 0.304 e. The van der Waals surface area contributed by atoms with Crippen molar-refractivity contribution < 1.29 is 9.90 Å². The van der Waals surface area contributed by atoms with Gasteiger partial charge in [0, 0.05) is 12.8 Å². The van der Waals surface area contributed by atoms with Crippen molar-refractivity contribution in [1.82, 2.24) is 0 Å². The highest BCUT2D eigenvalue weighted by atomic mass is 16.4. The standard InChI is InChI=1S/C11H18O2/c1-2-3-4-5-6-7-8-9-10-11(12)13/h2-6,9-10H2,1H3,(H,12,13). The molecule has 0 aliphatic carbocycles. The molecular formula is C11H18O2. The Labute approximate surface area is 80.3 Å². The summed E-state index contributed by atoms with van der Waals surface area (Å²) >= 11 is 0. The molecule has 0 aromatic rings. The lowest BCUT2D eigenvalue weighted by molar-refractivity contribution is -0.136. The van der Waals surface area contributed by atoms with Gasteiger partial charge in [-0.05, 0) is 6.42 Å². The van der Waals surface area contributed by atoms with E-state index in [0.717, 1.165) is 12.8 Å². The van der Waals surface area contributed by atoms with E-state index in [-0.39, 0.29) is 6.42 Å². The molecule has 74 valence electrons. The van der Waals surface area contributed by atoms with Gasteiger partial charge in [-0.15, -0.1) is 11.8 Å². The van der Waals surface area contributed by atoms with E-state index in [4.69, 9.17) is 5.11 Å². The number of unbranched alkanes of at least 4 members (excludes halogenated alkanes) is 4. The molecule has 0 saturated carbocycles. The van der Waals surface area contributed by atoms with Crippen molar-refractivity contribution in [2.75, 3.05) is 0 Å². The average molecular weight is 182 g/mol. The second-order valence-corrected chi connectivity index (χ2v) is 3.06. The van der Waals surface area contributed by atoms with Gasteiger partial charge in [-0.2, -0.15) is 0 Å². The van der Waals surface area contributed by atoms with Gasteiger partial charge in [-0.1, -0.05) is 26.2 Å². The maximum atomic E-state index is 10.1. The van der Waals surface area contributed by atoms with Crippen LogP contribution in [-0.2, 0) is 4.79 Å². The Balaban J connectivity index is 3.15. The molecule has 0 fully saturated rings. The summed E-state index contributed by atoms with van der Waals surface area (Å²) in [6, 6.07) is 0. The normalized spacial score (nSPS) is 9.00. The minimum atomic E-state index is -0.764. The molecule has 0 aromatic carbocycles. The maximum Gasteiger partial charge on any atom is 0.304 e. The molecule has 0 radical (unpaired) electrons. The second kappa shape index (κ2) is 9.12. The predicted molar refractivity (Wildman–Crippen MR) is 53.4 cm³/mol. The molecule has 0 bridgehead atoms. The van der Waals surface area contributed by atoms with Crippen LogP contribution in [0.25, 0.3) is 0 Å². The third-order valence-corrected chi connectivity index (χ3v) is 1.74. The summed E-state index contributed by atoms with van der Waals surface area (Å²) in [5, 5.41) is 8.32. The fraction of sp³-hybridized carbons (Fsp3) is 0.727. The first-order valence-corrected chi connectivity index (χ1v) is 4.95. The Bertz CT molecular complexity index is 186. The van der Waals surface area contributed by atoms with Gasteiger partial charge in [0.05, 0.1) is 6.42 Å². The lowest BCUT2D eigenvalue weighted by Crippen LogP contribution is -1.91. The molecule has 0 aliphatic heterocycles. The molecule has 0 rings (SSSR count). The zero-order valence-corrected chi connectivity index (χ0v) is 8.31. The number of hydrogen-bond acceptors (Lipinski definition) is 1. The van der Waals surface area contributed by atoms with Crippen molar-refractivity contribution >= 4 is 5.97 Å². The summed E-state index contributed by atoms with van der Waals surface area (Å²) in [6.45, 7) is 2.18. The third-order valence-electron chi connectivity index (χ3n) is 1.74. The molecular weight excluding hydrogens is 164 g/mol. The highest BCUT2D eigenvalue weighted by molar-refractivity contribution is 5.66. The van der Waals surface area contributed by atoms with Crippen LogP contribution in [0.2, 0.25) is 0 Å². The lowest BCUT2D eigenvalue weighted by atomic mass is 10.1. The maximum absolute atomic E-state index is 10.1. The van der Waals surface area contributed by atoms with E-state index < -0.39 is 5.97 Å². The molecule has 0 aromatic heterocycles. The first-order valence-electron chi connectivity index (χ1n) is 4.95. The van der Waals surface area contributed by atoms with Gasteiger partial charge in [-0.3, -0.25) is 4.79 Å². The predicted octanol–water partition coefficient (Wildman–Crippen LogP) is 2.83. The van der Waals surface area contributed by atoms with Crippen molar-refractivity contribution in [2.24, 2.45) is 0 Å². The van der Waals surface area contributed by atoms with Gasteiger partial charge < -0.3 is 5.11 Å². The van der Waals surface area contributed by atoms with Crippen molar-refractivity contribution in [1.29, 1.82) is 0 Å². The summed E-state index contributed by atoms with van der Waals surface area (Å²) in [6.07, 6.45) is 6.48. The van der Waals surface area contributed by atoms with Gasteiger partial charge in [-0.25, -0.2) is 0 Å². The first-order chi connectivity index (χ1) is 6.27. The number of rotatable bonds is 6. The van der Waals surface area contributed by atoms with E-state index >= 15 is 0 Å². The van der Waals surface area contributed by atoms with E-state index in [2.05, 4.69) is 18.8 Å². The number of aliphatic carboxylic acids is 1. The van der Waals surface area contributed by atoms with Crippen LogP contribution < -0.4 is 0 Å². The zero-order chi connectivity index (χ0) is 9.94. The summed E-state index contributed by atoms with van der Waals surface area (Å²) in [7, 11) is 0. The molecule has 0 spiro atoms. The molecule has 0 unspecified atom stereocenters. The van der Waals surface area contributed by atoms with Crippen molar-refractivity contribution in [3.05, 3.63) is 0 Å². The molecule has 2 nitrogen and oxygen atoms in total. The zero-order valence-electron chi connectivity index (χ0n) is 8.31. The van der Waals surface area contributed by atoms with Gasteiger partial charge >= 0.3 is 5.97 Å². The van der Waals surface area contributed by atoms with Gasteiger partial charge in [0.2, 0.25) is 0 Å². The van der Waals surface area contributed by atoms with Crippen LogP contribution in [0, 0.1) is 11.8 Å². The quantitative estimate of drug-likeness (QED) is 0.506. The van der Waals surface area contributed by atoms with Crippen molar-refractivity contribution in [3.8, 4) is 11.8 Å². The monoisotopic (exact) mass is 182 g/mol. The number of carboxylic acids is 1. The fourth-order valence-corrected chi connectivity index (χ4v) is 0.986. The van der Waals surface area contributed by atoms with Gasteiger partial charge in [0.25, 0.3) is 0 Å². The van der Waals surface area contributed by atoms with Crippen molar-refractivity contribution in [2.45, 2.75) is 51.9 Å². The van der Waals surface area contributed by atoms with E-state index in [1.807, 2.05) is 0 Å². The van der Waals surface area contributed by atoms with E-state index in [0.29, 0.717) is 6.42 Å². The first kappa shape index (κ1) is 12.0. The number of carboxylic acid groups (broad SMARTS) is 1. The van der Waals surface area contributed by atoms with E-state index in [1.54, 1.807) is 0 Å². The van der Waals surface area contributed by atoms with Crippen LogP contribution in [0.1, 0.15) is 51.9 Å². The Hall–Kier alpha value is -0.970. The SMILES string of the molecule is CCCCCCC#CCCC(=O)O. The Morgan fingerprint density at radius 1 is 1.15 bits per heavy atom. The van der Waals surface area contributed by atoms with Crippen LogP contribution in [-0.4, -0.2) is 11.1 Å². The van der Waals surface area contributed by atoms with E-state index in [1.165, 1.54) is 19.3 Å². The number of hydrogen-bond donors (Lipinski definition) is 1. The molecule has 0 amide bonds. The Kier molecular flexibility index (Phi) is 8.44. The molecule has 0 heterocycles. The molecule has 0 atom stereocenters. The molecule has 1 N–H and O–H groups in total. The van der Waals surface area contributed by atoms with Crippen LogP contribution in [0.3, 0.4) is 0 Å². The summed E-state index contributed by atoms with van der Waals surface area (Å²) in [5.74, 6) is 5.09. The number of carbonyl (C=O) groups is 1. The average Bonchev–Trinajstić information content (AvgIpc) is 2.09. The highest BCUT2D eigenvalue weighted by Crippen LogP contribution is 2.01. The molecule has 0 aliphatic rings. The highest BCUT2D eigenvalue weighted by Gasteiger charge is 1.91. The third kappa shape index (κ3) is 11.0. The summed E-state index contributed by atoms with van der Waals surface area (Å²) in [5.41, 5.74) is 0. The van der Waals surface area contributed by atoms with Crippen LogP contribution in [0.15, 0.2) is 0 Å². The van der Waals surface area contributed by atoms with Crippen molar-refractivity contribution in [3.63, 3.8) is 0 Å². The molecule has 2 heteroatoms. The largest absolute Gasteiger partial charge is 0.481 e.